The van der Waals surface area contributed by atoms with Crippen LogP contribution < -0.4 is 11.2 Å². The second-order valence-electron chi connectivity index (χ2n) is 3.73. The largest absolute Gasteiger partial charge is 0.508 e. The summed E-state index contributed by atoms with van der Waals surface area (Å²) in [4.78, 5) is 10.6. The fourth-order valence-corrected chi connectivity index (χ4v) is 1.89. The molecule has 0 saturated heterocycles. The molecule has 1 aliphatic carbocycles. The van der Waals surface area contributed by atoms with E-state index < -0.39 is 6.03 Å². The molecule has 0 aliphatic heterocycles. The molecule has 2 rings (SSSR count). The average Bonchev–Trinajstić information content (AvgIpc) is 2.25. The number of carbonyl (C=O) groups is 1. The summed E-state index contributed by atoms with van der Waals surface area (Å²) in [6.45, 7) is 0. The van der Waals surface area contributed by atoms with Crippen molar-refractivity contribution in [2.75, 3.05) is 0 Å². The highest BCUT2D eigenvalue weighted by Crippen LogP contribution is 2.25. The number of aryl methyl sites for hydroxylation is 1. The number of carbonyl (C=O) groups excluding carboxylic acids is 1. The van der Waals surface area contributed by atoms with Gasteiger partial charge in [-0.15, -0.1) is 0 Å². The molecule has 1 aliphatic rings. The Labute approximate surface area is 93.0 Å². The van der Waals surface area contributed by atoms with Crippen LogP contribution in [0.3, 0.4) is 0 Å². The summed E-state index contributed by atoms with van der Waals surface area (Å²) in [5.41, 5.74) is 10.0. The molecule has 0 unspecified atom stereocenters. The molecule has 0 bridgehead atoms. The third-order valence-electron chi connectivity index (χ3n) is 2.56. The molecule has 0 aromatic heterocycles. The number of aromatic hydroxyl groups is 1. The van der Waals surface area contributed by atoms with E-state index in [9.17, 15) is 9.90 Å². The Bertz CT molecular complexity index is 455. The van der Waals surface area contributed by atoms with Gasteiger partial charge >= 0.3 is 6.03 Å². The van der Waals surface area contributed by atoms with Gasteiger partial charge in [-0.25, -0.2) is 10.2 Å². The molecule has 0 fully saturated rings. The Morgan fingerprint density at radius 2 is 2.25 bits per heavy atom. The van der Waals surface area contributed by atoms with Crippen molar-refractivity contribution in [2.45, 2.75) is 19.3 Å². The molecule has 0 heterocycles. The van der Waals surface area contributed by atoms with Crippen LogP contribution in [-0.4, -0.2) is 16.8 Å². The minimum atomic E-state index is -0.668. The number of nitrogens with one attached hydrogen (secondary N) is 1. The Balaban J connectivity index is 2.33. The molecular weight excluding hydrogens is 206 g/mol. The number of hydrogen-bond donors (Lipinski definition) is 3. The Morgan fingerprint density at radius 3 is 3.00 bits per heavy atom. The van der Waals surface area contributed by atoms with Crippen LogP contribution in [0, 0.1) is 0 Å². The van der Waals surface area contributed by atoms with Crippen molar-refractivity contribution < 1.29 is 9.90 Å². The smallest absolute Gasteiger partial charge is 0.332 e. The van der Waals surface area contributed by atoms with Crippen molar-refractivity contribution in [2.24, 2.45) is 10.8 Å². The summed E-state index contributed by atoms with van der Waals surface area (Å²) in [6.07, 6.45) is 2.67. The van der Waals surface area contributed by atoms with E-state index in [1.54, 1.807) is 12.1 Å². The Hall–Kier alpha value is -2.04. The number of primary amides is 1. The Kier molecular flexibility index (Phi) is 2.76. The van der Waals surface area contributed by atoms with Crippen LogP contribution >= 0.6 is 0 Å². The van der Waals surface area contributed by atoms with Crippen LogP contribution in [0.25, 0.3) is 0 Å². The molecule has 84 valence electrons. The number of fused-ring (bicyclic) bond motifs is 1. The average molecular weight is 219 g/mol. The van der Waals surface area contributed by atoms with Crippen LogP contribution in [0.4, 0.5) is 4.79 Å². The maximum Gasteiger partial charge on any atom is 0.332 e. The van der Waals surface area contributed by atoms with Crippen molar-refractivity contribution in [3.8, 4) is 5.75 Å². The van der Waals surface area contributed by atoms with Gasteiger partial charge in [-0.2, -0.15) is 5.10 Å². The first-order valence-electron chi connectivity index (χ1n) is 5.11. The van der Waals surface area contributed by atoms with E-state index in [2.05, 4.69) is 10.5 Å². The van der Waals surface area contributed by atoms with E-state index in [0.29, 0.717) is 0 Å². The van der Waals surface area contributed by atoms with Gasteiger partial charge in [-0.1, -0.05) is 0 Å². The van der Waals surface area contributed by atoms with Crippen LogP contribution in [-0.2, 0) is 6.42 Å². The highest BCUT2D eigenvalue weighted by molar-refractivity contribution is 6.03. The molecular formula is C11H13N3O2. The summed E-state index contributed by atoms with van der Waals surface area (Å²) in [5, 5.41) is 13.3. The molecule has 2 amide bonds. The van der Waals surface area contributed by atoms with Crippen molar-refractivity contribution in [3.63, 3.8) is 0 Å². The third kappa shape index (κ3) is 2.13. The van der Waals surface area contributed by atoms with E-state index >= 15 is 0 Å². The molecule has 16 heavy (non-hydrogen) atoms. The van der Waals surface area contributed by atoms with Crippen molar-refractivity contribution in [1.82, 2.24) is 5.43 Å². The fourth-order valence-electron chi connectivity index (χ4n) is 1.89. The molecule has 1 aromatic carbocycles. The number of phenolic OH excluding ortho intramolecular Hbond substituents is 1. The standard InChI is InChI=1S/C11H13N3O2/c12-11(16)14-13-10-3-1-2-7-6-8(15)4-5-9(7)10/h4-6,15H,1-3H2,(H3,12,14,16)/b13-10+. The highest BCUT2D eigenvalue weighted by Gasteiger charge is 2.15. The number of hydrazone groups is 1. The van der Waals surface area contributed by atoms with Crippen molar-refractivity contribution in [1.29, 1.82) is 0 Å². The third-order valence-corrected chi connectivity index (χ3v) is 2.56. The lowest BCUT2D eigenvalue weighted by Crippen LogP contribution is -2.27. The van der Waals surface area contributed by atoms with Crippen LogP contribution in [0.15, 0.2) is 23.3 Å². The maximum atomic E-state index is 10.6. The second-order valence-corrected chi connectivity index (χ2v) is 3.73. The van der Waals surface area contributed by atoms with Gasteiger partial charge in [0.25, 0.3) is 0 Å². The minimum Gasteiger partial charge on any atom is -0.508 e. The van der Waals surface area contributed by atoms with E-state index in [1.807, 2.05) is 6.07 Å². The predicted molar refractivity (Wildman–Crippen MR) is 60.3 cm³/mol. The fraction of sp³-hybridized carbons (Fsp3) is 0.273. The van der Waals surface area contributed by atoms with E-state index in [4.69, 9.17) is 5.73 Å². The van der Waals surface area contributed by atoms with Crippen LogP contribution in [0.1, 0.15) is 24.0 Å². The first-order chi connectivity index (χ1) is 7.66. The monoisotopic (exact) mass is 219 g/mol. The minimum absolute atomic E-state index is 0.253. The van der Waals surface area contributed by atoms with Crippen molar-refractivity contribution in [3.05, 3.63) is 29.3 Å². The van der Waals surface area contributed by atoms with Gasteiger partial charge in [0.15, 0.2) is 0 Å². The van der Waals surface area contributed by atoms with Crippen LogP contribution in [0.5, 0.6) is 5.75 Å². The first-order valence-corrected chi connectivity index (χ1v) is 5.11. The molecule has 1 aromatic rings. The lowest BCUT2D eigenvalue weighted by atomic mass is 9.90. The maximum absolute atomic E-state index is 10.6. The molecule has 0 saturated carbocycles. The number of rotatable bonds is 1. The highest BCUT2D eigenvalue weighted by atomic mass is 16.3. The predicted octanol–water partition coefficient (Wildman–Crippen LogP) is 1.10. The molecule has 4 N–H and O–H groups in total. The SMILES string of the molecule is NC(=O)N/N=C1\CCCc2cc(O)ccc21. The molecule has 5 nitrogen and oxygen atoms in total. The van der Waals surface area contributed by atoms with Gasteiger partial charge in [-0.3, -0.25) is 0 Å². The summed E-state index contributed by atoms with van der Waals surface area (Å²) in [6, 6.07) is 4.49. The van der Waals surface area contributed by atoms with Crippen LogP contribution in [0.2, 0.25) is 0 Å². The van der Waals surface area contributed by atoms with Gasteiger partial charge in [0.1, 0.15) is 5.75 Å². The zero-order valence-electron chi connectivity index (χ0n) is 8.73. The number of amides is 2. The molecule has 5 heteroatoms. The zero-order valence-corrected chi connectivity index (χ0v) is 8.73. The topological polar surface area (TPSA) is 87.7 Å². The number of nitrogens with zero attached hydrogens (tertiary/aromatic N) is 1. The molecule has 0 atom stereocenters. The molecule has 0 radical (unpaired) electrons. The van der Waals surface area contributed by atoms with Gasteiger partial charge < -0.3 is 10.8 Å². The van der Waals surface area contributed by atoms with E-state index in [1.165, 1.54) is 0 Å². The number of urea groups is 1. The van der Waals surface area contributed by atoms with E-state index in [0.717, 1.165) is 36.1 Å². The van der Waals surface area contributed by atoms with Gasteiger partial charge in [-0.05, 0) is 43.0 Å². The molecule has 0 spiro atoms. The van der Waals surface area contributed by atoms with E-state index in [-0.39, 0.29) is 5.75 Å². The summed E-state index contributed by atoms with van der Waals surface area (Å²) < 4.78 is 0. The van der Waals surface area contributed by atoms with Gasteiger partial charge in [0.05, 0.1) is 5.71 Å². The first kappa shape index (κ1) is 10.5. The normalized spacial score (nSPS) is 16.9. The summed E-state index contributed by atoms with van der Waals surface area (Å²) in [7, 11) is 0. The summed E-state index contributed by atoms with van der Waals surface area (Å²) >= 11 is 0. The number of hydrogen-bond acceptors (Lipinski definition) is 3. The van der Waals surface area contributed by atoms with Gasteiger partial charge in [0.2, 0.25) is 0 Å². The Morgan fingerprint density at radius 1 is 1.44 bits per heavy atom. The summed E-state index contributed by atoms with van der Waals surface area (Å²) in [5.74, 6) is 0.253. The van der Waals surface area contributed by atoms with Gasteiger partial charge in [0, 0.05) is 5.56 Å². The number of nitrogens with two attached hydrogens (primary N) is 1. The van der Waals surface area contributed by atoms with Crippen molar-refractivity contribution >= 4 is 11.7 Å². The lowest BCUT2D eigenvalue weighted by Gasteiger charge is -2.17. The quantitative estimate of drug-likeness (QED) is 0.617. The number of phenols is 1. The number of benzene rings is 1. The zero-order chi connectivity index (χ0) is 11.5. The second kappa shape index (κ2) is 4.22. The lowest BCUT2D eigenvalue weighted by molar-refractivity contribution is 0.249.